The second kappa shape index (κ2) is 5.35. The molecule has 1 N–H and O–H groups in total. The topological polar surface area (TPSA) is 28.2 Å². The Morgan fingerprint density at radius 1 is 1.39 bits per heavy atom. The van der Waals surface area contributed by atoms with Crippen LogP contribution in [-0.2, 0) is 0 Å². The van der Waals surface area contributed by atoms with E-state index in [-0.39, 0.29) is 0 Å². The van der Waals surface area contributed by atoms with E-state index in [0.717, 1.165) is 16.2 Å². The molecule has 2 unspecified atom stereocenters. The molecule has 2 aliphatic heterocycles. The van der Waals surface area contributed by atoms with E-state index in [1.165, 1.54) is 38.8 Å². The van der Waals surface area contributed by atoms with Crippen molar-refractivity contribution in [2.24, 2.45) is 0 Å². The molecule has 2 aliphatic rings. The zero-order valence-corrected chi connectivity index (χ0v) is 12.5. The zero-order valence-electron chi connectivity index (χ0n) is 10.2. The Morgan fingerprint density at radius 2 is 2.28 bits per heavy atom. The Hall–Kier alpha value is -0.320. The summed E-state index contributed by atoms with van der Waals surface area (Å²) in [6.07, 6.45) is 7.01. The van der Waals surface area contributed by atoms with Gasteiger partial charge in [-0.2, -0.15) is 0 Å². The van der Waals surface area contributed by atoms with Crippen LogP contribution in [0.25, 0.3) is 0 Å². The van der Waals surface area contributed by atoms with Crippen molar-refractivity contribution < 1.29 is 0 Å². The average Bonchev–Trinajstić information content (AvgIpc) is 2.81. The highest BCUT2D eigenvalue weighted by Gasteiger charge is 2.31. The molecule has 0 spiro atoms. The van der Waals surface area contributed by atoms with Gasteiger partial charge in [0.15, 0.2) is 0 Å². The summed E-state index contributed by atoms with van der Waals surface area (Å²) in [4.78, 5) is 6.79. The van der Waals surface area contributed by atoms with Crippen molar-refractivity contribution in [2.75, 3.05) is 18.4 Å². The summed E-state index contributed by atoms with van der Waals surface area (Å²) in [6.45, 7) is 2.52. The molecule has 18 heavy (non-hydrogen) atoms. The van der Waals surface area contributed by atoms with E-state index < -0.39 is 0 Å². The number of rotatable bonds is 2. The van der Waals surface area contributed by atoms with Crippen LogP contribution in [0.3, 0.4) is 0 Å². The first-order valence-electron chi connectivity index (χ1n) is 6.54. The van der Waals surface area contributed by atoms with E-state index >= 15 is 0 Å². The van der Waals surface area contributed by atoms with Gasteiger partial charge in [0, 0.05) is 18.6 Å². The molecule has 1 aromatic rings. The highest BCUT2D eigenvalue weighted by Crippen LogP contribution is 2.29. The van der Waals surface area contributed by atoms with Gasteiger partial charge >= 0.3 is 0 Å². The van der Waals surface area contributed by atoms with Gasteiger partial charge in [-0.3, -0.25) is 0 Å². The number of hydrogen-bond acceptors (Lipinski definition) is 3. The van der Waals surface area contributed by atoms with E-state index in [9.17, 15) is 0 Å². The number of nitrogens with zero attached hydrogens (tertiary/aromatic N) is 2. The number of anilines is 1. The Kier molecular flexibility index (Phi) is 3.78. The van der Waals surface area contributed by atoms with E-state index in [4.69, 9.17) is 11.6 Å². The van der Waals surface area contributed by atoms with Crippen LogP contribution in [-0.4, -0.2) is 35.1 Å². The summed E-state index contributed by atoms with van der Waals surface area (Å²) >= 11 is 9.32. The van der Waals surface area contributed by atoms with E-state index in [1.807, 2.05) is 12.3 Å². The lowest BCUT2D eigenvalue weighted by molar-refractivity contribution is 0.188. The summed E-state index contributed by atoms with van der Waals surface area (Å²) in [7, 11) is 0. The minimum absolute atomic E-state index is 0.520. The van der Waals surface area contributed by atoms with Crippen LogP contribution >= 0.6 is 27.5 Å². The molecule has 5 heteroatoms. The van der Waals surface area contributed by atoms with E-state index in [1.54, 1.807) is 0 Å². The fourth-order valence-corrected chi connectivity index (χ4v) is 3.54. The first kappa shape index (κ1) is 12.7. The lowest BCUT2D eigenvalue weighted by atomic mass is 9.97. The Labute approximate surface area is 121 Å². The largest absolute Gasteiger partial charge is 0.381 e. The Bertz CT molecular complexity index is 440. The van der Waals surface area contributed by atoms with Crippen LogP contribution in [0.15, 0.2) is 16.7 Å². The molecule has 2 saturated heterocycles. The molecule has 1 aromatic heterocycles. The van der Waals surface area contributed by atoms with Crippen molar-refractivity contribution in [2.45, 2.75) is 37.8 Å². The maximum atomic E-state index is 5.90. The number of hydrogen-bond donors (Lipinski definition) is 1. The van der Waals surface area contributed by atoms with Gasteiger partial charge in [-0.1, -0.05) is 11.6 Å². The second-order valence-corrected chi connectivity index (χ2v) is 6.41. The van der Waals surface area contributed by atoms with Crippen LogP contribution in [0.4, 0.5) is 5.69 Å². The van der Waals surface area contributed by atoms with Gasteiger partial charge in [0.2, 0.25) is 0 Å². The summed E-state index contributed by atoms with van der Waals surface area (Å²) < 4.78 is 0.854. The zero-order chi connectivity index (χ0) is 12.5. The van der Waals surface area contributed by atoms with Crippen LogP contribution in [0, 0.1) is 0 Å². The van der Waals surface area contributed by atoms with Gasteiger partial charge in [0.25, 0.3) is 0 Å². The number of halogens is 2. The third-order valence-electron chi connectivity index (χ3n) is 3.99. The molecule has 2 atom stereocenters. The maximum Gasteiger partial charge on any atom is 0.143 e. The van der Waals surface area contributed by atoms with Crippen LogP contribution < -0.4 is 5.32 Å². The molecule has 0 aliphatic carbocycles. The molecule has 0 saturated carbocycles. The second-order valence-electron chi connectivity index (χ2n) is 5.19. The first-order chi connectivity index (χ1) is 8.72. The predicted octanol–water partition coefficient (Wildman–Crippen LogP) is 3.54. The minimum atomic E-state index is 0.520. The molecule has 2 fully saturated rings. The molecule has 0 bridgehead atoms. The van der Waals surface area contributed by atoms with Gasteiger partial charge in [-0.05, 0) is 54.2 Å². The summed E-state index contributed by atoms with van der Waals surface area (Å²) in [5.41, 5.74) is 1.06. The SMILES string of the molecule is Clc1ncc(NC2CCN3CCCC3C2)cc1Br. The lowest BCUT2D eigenvalue weighted by Crippen LogP contribution is -2.42. The van der Waals surface area contributed by atoms with Gasteiger partial charge in [-0.15, -0.1) is 0 Å². The fraction of sp³-hybridized carbons (Fsp3) is 0.615. The number of fused-ring (bicyclic) bond motifs is 1. The third-order valence-corrected chi connectivity index (χ3v) is 5.12. The number of nitrogens with one attached hydrogen (secondary N) is 1. The van der Waals surface area contributed by atoms with Crippen molar-refractivity contribution in [3.63, 3.8) is 0 Å². The van der Waals surface area contributed by atoms with Crippen LogP contribution in [0.5, 0.6) is 0 Å². The standard InChI is InChI=1S/C13H17BrClN3/c14-12-7-10(8-16-13(12)15)17-9-3-5-18-4-1-2-11(18)6-9/h7-9,11,17H,1-6H2. The smallest absolute Gasteiger partial charge is 0.143 e. The highest BCUT2D eigenvalue weighted by molar-refractivity contribution is 9.10. The van der Waals surface area contributed by atoms with Gasteiger partial charge in [0.05, 0.1) is 16.4 Å². The predicted molar refractivity (Wildman–Crippen MR) is 78.2 cm³/mol. The molecule has 0 radical (unpaired) electrons. The van der Waals surface area contributed by atoms with E-state index in [2.05, 4.69) is 31.1 Å². The molecule has 98 valence electrons. The molecule has 0 aromatic carbocycles. The van der Waals surface area contributed by atoms with E-state index in [0.29, 0.717) is 11.2 Å². The molecular weight excluding hydrogens is 314 g/mol. The fourth-order valence-electron chi connectivity index (χ4n) is 3.09. The number of piperidine rings is 1. The Morgan fingerprint density at radius 3 is 3.11 bits per heavy atom. The Balaban J connectivity index is 1.64. The molecule has 0 amide bonds. The van der Waals surface area contributed by atoms with Crippen molar-refractivity contribution in [3.8, 4) is 0 Å². The maximum absolute atomic E-state index is 5.90. The third kappa shape index (κ3) is 2.65. The highest BCUT2D eigenvalue weighted by atomic mass is 79.9. The molecule has 3 heterocycles. The lowest BCUT2D eigenvalue weighted by Gasteiger charge is -2.35. The van der Waals surface area contributed by atoms with Crippen molar-refractivity contribution in [1.82, 2.24) is 9.88 Å². The average molecular weight is 331 g/mol. The van der Waals surface area contributed by atoms with Gasteiger partial charge in [-0.25, -0.2) is 4.98 Å². The van der Waals surface area contributed by atoms with Crippen molar-refractivity contribution >= 4 is 33.2 Å². The van der Waals surface area contributed by atoms with Crippen molar-refractivity contribution in [3.05, 3.63) is 21.9 Å². The normalized spacial score (nSPS) is 28.1. The van der Waals surface area contributed by atoms with Crippen LogP contribution in [0.2, 0.25) is 5.15 Å². The summed E-state index contributed by atoms with van der Waals surface area (Å²) in [6, 6.07) is 3.37. The monoisotopic (exact) mass is 329 g/mol. The number of pyridine rings is 1. The minimum Gasteiger partial charge on any atom is -0.381 e. The molecule has 3 rings (SSSR count). The molecule has 3 nitrogen and oxygen atoms in total. The van der Waals surface area contributed by atoms with Crippen LogP contribution in [0.1, 0.15) is 25.7 Å². The number of aromatic nitrogens is 1. The van der Waals surface area contributed by atoms with Gasteiger partial charge in [0.1, 0.15) is 5.15 Å². The summed E-state index contributed by atoms with van der Waals surface area (Å²) in [5, 5.41) is 4.10. The van der Waals surface area contributed by atoms with Crippen molar-refractivity contribution in [1.29, 1.82) is 0 Å². The first-order valence-corrected chi connectivity index (χ1v) is 7.71. The van der Waals surface area contributed by atoms with Gasteiger partial charge < -0.3 is 10.2 Å². The summed E-state index contributed by atoms with van der Waals surface area (Å²) in [5.74, 6) is 0. The quantitative estimate of drug-likeness (QED) is 0.841. The molecular formula is C13H17BrClN3.